The summed E-state index contributed by atoms with van der Waals surface area (Å²) in [6, 6.07) is 21.5. The zero-order valence-corrected chi connectivity index (χ0v) is 22.2. The van der Waals surface area contributed by atoms with E-state index in [0.29, 0.717) is 23.0 Å². The predicted molar refractivity (Wildman–Crippen MR) is 145 cm³/mol. The monoisotopic (exact) mass is 534 g/mol. The van der Waals surface area contributed by atoms with Crippen LogP contribution in [0.2, 0.25) is 5.02 Å². The maximum absolute atomic E-state index is 13.4. The summed E-state index contributed by atoms with van der Waals surface area (Å²) < 4.78 is 28.0. The molecule has 1 N–H and O–H groups in total. The van der Waals surface area contributed by atoms with Gasteiger partial charge in [-0.15, -0.1) is 11.8 Å². The van der Waals surface area contributed by atoms with Gasteiger partial charge in [0.05, 0.1) is 10.6 Å². The standard InChI is InChI=1S/C25H27ClN2O3S3/c1-19-6-8-22(9-7-19)28(34(30,31)24-12-10-23(32-2)11-13-24)17-25(29)27-14-15-33-18-20-4-3-5-21(26)16-20/h3-13,16H,14-15,17-18H2,1-2H3,(H,27,29). The molecule has 0 unspecified atom stereocenters. The lowest BCUT2D eigenvalue weighted by molar-refractivity contribution is -0.119. The number of nitrogens with one attached hydrogen (secondary N) is 1. The number of sulfonamides is 1. The van der Waals surface area contributed by atoms with Gasteiger partial charge in [0.1, 0.15) is 6.54 Å². The third kappa shape index (κ3) is 7.43. The first kappa shape index (κ1) is 26.5. The van der Waals surface area contributed by atoms with E-state index in [0.717, 1.165) is 26.1 Å². The Morgan fingerprint density at radius 3 is 2.38 bits per heavy atom. The number of amides is 1. The number of carbonyl (C=O) groups excluding carboxylic acids is 1. The highest BCUT2D eigenvalue weighted by Gasteiger charge is 2.27. The van der Waals surface area contributed by atoms with Crippen molar-refractivity contribution in [3.05, 3.63) is 88.9 Å². The van der Waals surface area contributed by atoms with Crippen molar-refractivity contribution in [2.45, 2.75) is 22.5 Å². The number of thioether (sulfide) groups is 2. The second kappa shape index (κ2) is 12.5. The Morgan fingerprint density at radius 1 is 1.03 bits per heavy atom. The van der Waals surface area contributed by atoms with Crippen LogP contribution in [-0.4, -0.2) is 39.4 Å². The van der Waals surface area contributed by atoms with Gasteiger partial charge in [-0.2, -0.15) is 11.8 Å². The van der Waals surface area contributed by atoms with E-state index in [1.54, 1.807) is 48.2 Å². The van der Waals surface area contributed by atoms with E-state index in [2.05, 4.69) is 5.32 Å². The number of nitrogens with zero attached hydrogens (tertiary/aromatic N) is 1. The molecule has 34 heavy (non-hydrogen) atoms. The zero-order valence-electron chi connectivity index (χ0n) is 19.0. The largest absolute Gasteiger partial charge is 0.354 e. The van der Waals surface area contributed by atoms with E-state index in [-0.39, 0.29) is 17.3 Å². The van der Waals surface area contributed by atoms with Crippen molar-refractivity contribution >= 4 is 56.7 Å². The average Bonchev–Trinajstić information content (AvgIpc) is 2.83. The highest BCUT2D eigenvalue weighted by Crippen LogP contribution is 2.25. The summed E-state index contributed by atoms with van der Waals surface area (Å²) in [7, 11) is -3.92. The molecule has 9 heteroatoms. The van der Waals surface area contributed by atoms with Crippen molar-refractivity contribution < 1.29 is 13.2 Å². The van der Waals surface area contributed by atoms with E-state index in [4.69, 9.17) is 11.6 Å². The second-order valence-corrected chi connectivity index (χ2v) is 11.8. The second-order valence-electron chi connectivity index (χ2n) is 7.56. The highest BCUT2D eigenvalue weighted by atomic mass is 35.5. The number of hydrogen-bond acceptors (Lipinski definition) is 5. The lowest BCUT2D eigenvalue weighted by atomic mass is 10.2. The van der Waals surface area contributed by atoms with Gasteiger partial charge in [-0.05, 0) is 67.3 Å². The molecular weight excluding hydrogens is 508 g/mol. The summed E-state index contributed by atoms with van der Waals surface area (Å²) >= 11 is 9.22. The molecule has 0 fully saturated rings. The minimum absolute atomic E-state index is 0.149. The van der Waals surface area contributed by atoms with Crippen molar-refractivity contribution in [1.82, 2.24) is 5.32 Å². The van der Waals surface area contributed by atoms with Crippen LogP contribution in [0.1, 0.15) is 11.1 Å². The molecule has 0 aliphatic rings. The average molecular weight is 535 g/mol. The van der Waals surface area contributed by atoms with Gasteiger partial charge in [0.2, 0.25) is 5.91 Å². The van der Waals surface area contributed by atoms with Gasteiger partial charge >= 0.3 is 0 Å². The third-order valence-electron chi connectivity index (χ3n) is 4.98. The number of aryl methyl sites for hydroxylation is 1. The fourth-order valence-corrected chi connectivity index (χ4v) is 6.01. The summed E-state index contributed by atoms with van der Waals surface area (Å²) in [6.07, 6.45) is 1.93. The fraction of sp³-hybridized carbons (Fsp3) is 0.240. The van der Waals surface area contributed by atoms with E-state index in [1.165, 1.54) is 11.8 Å². The van der Waals surface area contributed by atoms with Crippen molar-refractivity contribution in [2.24, 2.45) is 0 Å². The van der Waals surface area contributed by atoms with Crippen LogP contribution < -0.4 is 9.62 Å². The topological polar surface area (TPSA) is 66.5 Å². The van der Waals surface area contributed by atoms with Crippen LogP contribution in [0.15, 0.2) is 82.6 Å². The fourth-order valence-electron chi connectivity index (χ4n) is 3.17. The van der Waals surface area contributed by atoms with E-state index in [9.17, 15) is 13.2 Å². The van der Waals surface area contributed by atoms with Crippen LogP contribution in [0.3, 0.4) is 0 Å². The molecule has 0 aliphatic heterocycles. The van der Waals surface area contributed by atoms with Gasteiger partial charge in [-0.3, -0.25) is 9.10 Å². The molecule has 0 heterocycles. The molecule has 0 aliphatic carbocycles. The number of anilines is 1. The first-order valence-corrected chi connectivity index (χ1v) is 14.8. The lowest BCUT2D eigenvalue weighted by Crippen LogP contribution is -2.41. The van der Waals surface area contributed by atoms with E-state index >= 15 is 0 Å². The van der Waals surface area contributed by atoms with Crippen LogP contribution in [-0.2, 0) is 20.6 Å². The summed E-state index contributed by atoms with van der Waals surface area (Å²) in [4.78, 5) is 13.8. The molecule has 0 atom stereocenters. The van der Waals surface area contributed by atoms with Gasteiger partial charge in [-0.25, -0.2) is 8.42 Å². The molecule has 0 spiro atoms. The maximum Gasteiger partial charge on any atom is 0.264 e. The number of hydrogen-bond donors (Lipinski definition) is 1. The molecule has 3 aromatic rings. The Bertz CT molecular complexity index is 1200. The van der Waals surface area contributed by atoms with E-state index < -0.39 is 10.0 Å². The molecule has 0 saturated carbocycles. The van der Waals surface area contributed by atoms with E-state index in [1.807, 2.05) is 49.6 Å². The molecule has 3 rings (SSSR count). The minimum Gasteiger partial charge on any atom is -0.354 e. The molecule has 0 saturated heterocycles. The van der Waals surface area contributed by atoms with Crippen molar-refractivity contribution in [1.29, 1.82) is 0 Å². The summed E-state index contributed by atoms with van der Waals surface area (Å²) in [6.45, 7) is 2.07. The number of benzene rings is 3. The molecule has 3 aromatic carbocycles. The molecule has 0 radical (unpaired) electrons. The predicted octanol–water partition coefficient (Wildman–Crippen LogP) is 5.62. The maximum atomic E-state index is 13.4. The van der Waals surface area contributed by atoms with Crippen LogP contribution >= 0.6 is 35.1 Å². The Morgan fingerprint density at radius 2 is 1.74 bits per heavy atom. The van der Waals surface area contributed by atoms with Crippen molar-refractivity contribution in [3.63, 3.8) is 0 Å². The Kier molecular flexibility index (Phi) is 9.76. The van der Waals surface area contributed by atoms with Crippen molar-refractivity contribution in [3.8, 4) is 0 Å². The minimum atomic E-state index is -3.92. The molecule has 5 nitrogen and oxygen atoms in total. The smallest absolute Gasteiger partial charge is 0.264 e. The Hall–Kier alpha value is -2.13. The van der Waals surface area contributed by atoms with Gasteiger partial charge in [0.15, 0.2) is 0 Å². The normalized spacial score (nSPS) is 11.3. The molecule has 1 amide bonds. The van der Waals surface area contributed by atoms with Gasteiger partial charge in [0.25, 0.3) is 10.0 Å². The van der Waals surface area contributed by atoms with Crippen LogP contribution in [0.5, 0.6) is 0 Å². The van der Waals surface area contributed by atoms with Crippen molar-refractivity contribution in [2.75, 3.05) is 29.4 Å². The molecule has 0 aromatic heterocycles. The SMILES string of the molecule is CSc1ccc(S(=O)(=O)N(CC(=O)NCCSCc2cccc(Cl)c2)c2ccc(C)cc2)cc1. The summed E-state index contributed by atoms with van der Waals surface area (Å²) in [5, 5.41) is 3.54. The number of rotatable bonds is 11. The van der Waals surface area contributed by atoms with Crippen LogP contribution in [0, 0.1) is 6.92 Å². The third-order valence-corrected chi connectivity index (χ3v) is 8.78. The Balaban J connectivity index is 1.65. The summed E-state index contributed by atoms with van der Waals surface area (Å²) in [5.74, 6) is 1.13. The quantitative estimate of drug-likeness (QED) is 0.255. The molecular formula is C25H27ClN2O3S3. The molecule has 180 valence electrons. The number of halogens is 1. The Labute approximate surface area is 215 Å². The van der Waals surface area contributed by atoms with Gasteiger partial charge in [-0.1, -0.05) is 41.4 Å². The molecule has 0 bridgehead atoms. The number of carbonyl (C=O) groups is 1. The summed E-state index contributed by atoms with van der Waals surface area (Å²) in [5.41, 5.74) is 2.57. The van der Waals surface area contributed by atoms with Gasteiger partial charge < -0.3 is 5.32 Å². The van der Waals surface area contributed by atoms with Gasteiger partial charge in [0, 0.05) is 28.0 Å². The van der Waals surface area contributed by atoms with Crippen LogP contribution in [0.25, 0.3) is 0 Å². The highest BCUT2D eigenvalue weighted by molar-refractivity contribution is 7.98. The first-order chi connectivity index (χ1) is 16.3. The first-order valence-electron chi connectivity index (χ1n) is 10.6. The van der Waals surface area contributed by atoms with Crippen LogP contribution in [0.4, 0.5) is 5.69 Å². The lowest BCUT2D eigenvalue weighted by Gasteiger charge is -2.24. The zero-order chi connectivity index (χ0) is 24.6.